The van der Waals surface area contributed by atoms with Crippen LogP contribution in [0.5, 0.6) is 0 Å². The van der Waals surface area contributed by atoms with Crippen LogP contribution in [0.15, 0.2) is 100 Å². The second kappa shape index (κ2) is 9.45. The highest BCUT2D eigenvalue weighted by atomic mass is 16.3. The van der Waals surface area contributed by atoms with Gasteiger partial charge >= 0.3 is 0 Å². The number of nitrogens with one attached hydrogen (secondary N) is 1. The van der Waals surface area contributed by atoms with Gasteiger partial charge in [0.05, 0.1) is 24.6 Å². The van der Waals surface area contributed by atoms with Crippen LogP contribution in [-0.4, -0.2) is 26.8 Å². The number of rotatable bonds is 8. The first-order valence-electron chi connectivity index (χ1n) is 10.7. The Morgan fingerprint density at radius 2 is 1.68 bits per heavy atom. The number of hydrogen-bond donors (Lipinski definition) is 1. The quantitative estimate of drug-likeness (QED) is 0.382. The van der Waals surface area contributed by atoms with Gasteiger partial charge in [-0.2, -0.15) is 0 Å². The van der Waals surface area contributed by atoms with Crippen LogP contribution >= 0.6 is 0 Å². The number of aromatic nitrogens is 3. The molecule has 3 aromatic heterocycles. The number of carbonyl (C=O) groups is 2. The lowest BCUT2D eigenvalue weighted by Crippen LogP contribution is -2.45. The minimum absolute atomic E-state index is 0.113. The SMILES string of the molecule is O=C(NCc1ccco1)C(c1ccco1)N(C(=O)Cn1nnc2ccccc21)c1ccccc1. The largest absolute Gasteiger partial charge is 0.467 e. The number of carbonyl (C=O) groups excluding carboxylic acids is 2. The van der Waals surface area contributed by atoms with Gasteiger partial charge in [0.2, 0.25) is 5.91 Å². The van der Waals surface area contributed by atoms with E-state index in [9.17, 15) is 9.59 Å². The minimum atomic E-state index is -1.05. The van der Waals surface area contributed by atoms with Crippen LogP contribution in [0.4, 0.5) is 5.69 Å². The van der Waals surface area contributed by atoms with E-state index < -0.39 is 11.9 Å². The van der Waals surface area contributed by atoms with Gasteiger partial charge in [-0.05, 0) is 48.5 Å². The van der Waals surface area contributed by atoms with E-state index in [0.717, 1.165) is 5.52 Å². The maximum absolute atomic E-state index is 13.7. The molecule has 1 unspecified atom stereocenters. The van der Waals surface area contributed by atoms with E-state index in [0.29, 0.717) is 22.7 Å². The van der Waals surface area contributed by atoms with Crippen molar-refractivity contribution >= 4 is 28.5 Å². The van der Waals surface area contributed by atoms with Gasteiger partial charge in [-0.3, -0.25) is 14.5 Å². The number of hydrogen-bond acceptors (Lipinski definition) is 6. The Morgan fingerprint density at radius 3 is 2.44 bits per heavy atom. The molecule has 2 aromatic carbocycles. The molecule has 0 spiro atoms. The smallest absolute Gasteiger partial charge is 0.251 e. The van der Waals surface area contributed by atoms with Crippen LogP contribution in [-0.2, 0) is 22.7 Å². The lowest BCUT2D eigenvalue weighted by atomic mass is 10.1. The van der Waals surface area contributed by atoms with Crippen molar-refractivity contribution in [3.05, 3.63) is 103 Å². The molecule has 0 radical (unpaired) electrons. The monoisotopic (exact) mass is 455 g/mol. The minimum Gasteiger partial charge on any atom is -0.467 e. The van der Waals surface area contributed by atoms with Gasteiger partial charge in [-0.1, -0.05) is 35.5 Å². The summed E-state index contributed by atoms with van der Waals surface area (Å²) in [5, 5.41) is 11.1. The molecular weight excluding hydrogens is 434 g/mol. The Hall–Kier alpha value is -4.66. The topological polar surface area (TPSA) is 106 Å². The standard InChI is InChI=1S/C25H21N5O4/c31-23(17-29-21-12-5-4-11-20(21)27-28-29)30(18-8-2-1-3-9-18)24(22-13-7-15-34-22)25(32)26-16-19-10-6-14-33-19/h1-15,24H,16-17H2,(H,26,32). The zero-order chi connectivity index (χ0) is 23.3. The number of para-hydroxylation sites is 2. The summed E-state index contributed by atoms with van der Waals surface area (Å²) in [5.41, 5.74) is 1.95. The molecule has 9 heteroatoms. The number of nitrogens with zero attached hydrogens (tertiary/aromatic N) is 4. The Kier molecular flexibility index (Phi) is 5.89. The summed E-state index contributed by atoms with van der Waals surface area (Å²) >= 11 is 0. The van der Waals surface area contributed by atoms with Gasteiger partial charge in [0.15, 0.2) is 6.04 Å². The second-order valence-corrected chi connectivity index (χ2v) is 7.55. The van der Waals surface area contributed by atoms with E-state index in [2.05, 4.69) is 15.6 Å². The van der Waals surface area contributed by atoms with Crippen LogP contribution in [0.25, 0.3) is 11.0 Å². The summed E-state index contributed by atoms with van der Waals surface area (Å²) in [6, 6.07) is 22.2. The van der Waals surface area contributed by atoms with Gasteiger partial charge in [0, 0.05) is 5.69 Å². The molecule has 0 aliphatic rings. The van der Waals surface area contributed by atoms with Crippen molar-refractivity contribution in [1.82, 2.24) is 20.3 Å². The van der Waals surface area contributed by atoms with E-state index >= 15 is 0 Å². The van der Waals surface area contributed by atoms with E-state index in [-0.39, 0.29) is 19.0 Å². The van der Waals surface area contributed by atoms with Crippen LogP contribution in [0.1, 0.15) is 17.6 Å². The maximum atomic E-state index is 13.7. The number of benzene rings is 2. The van der Waals surface area contributed by atoms with Crippen molar-refractivity contribution in [3.8, 4) is 0 Å². The fraction of sp³-hybridized carbons (Fsp3) is 0.120. The highest BCUT2D eigenvalue weighted by Crippen LogP contribution is 2.29. The molecular formula is C25H21N5O4. The van der Waals surface area contributed by atoms with Crippen LogP contribution < -0.4 is 10.2 Å². The van der Waals surface area contributed by atoms with Crippen molar-refractivity contribution in [3.63, 3.8) is 0 Å². The first-order valence-corrected chi connectivity index (χ1v) is 10.7. The fourth-order valence-corrected chi connectivity index (χ4v) is 3.77. The number of fused-ring (bicyclic) bond motifs is 1. The number of anilines is 1. The molecule has 0 bridgehead atoms. The zero-order valence-corrected chi connectivity index (χ0v) is 18.1. The van der Waals surface area contributed by atoms with Gasteiger partial charge < -0.3 is 14.2 Å². The Balaban J connectivity index is 1.50. The van der Waals surface area contributed by atoms with Gasteiger partial charge in [-0.25, -0.2) is 4.68 Å². The van der Waals surface area contributed by atoms with Crippen molar-refractivity contribution < 1.29 is 18.4 Å². The molecule has 0 saturated heterocycles. The Bertz CT molecular complexity index is 1380. The summed E-state index contributed by atoms with van der Waals surface area (Å²) in [6.07, 6.45) is 3.01. The molecule has 0 aliphatic carbocycles. The lowest BCUT2D eigenvalue weighted by molar-refractivity contribution is -0.127. The predicted octanol–water partition coefficient (Wildman–Crippen LogP) is 3.71. The maximum Gasteiger partial charge on any atom is 0.251 e. The summed E-state index contributed by atoms with van der Waals surface area (Å²) in [4.78, 5) is 28.6. The molecule has 1 N–H and O–H groups in total. The van der Waals surface area contributed by atoms with Crippen LogP contribution in [0.2, 0.25) is 0 Å². The molecule has 34 heavy (non-hydrogen) atoms. The third-order valence-electron chi connectivity index (χ3n) is 5.34. The normalized spacial score (nSPS) is 11.9. The van der Waals surface area contributed by atoms with E-state index in [4.69, 9.17) is 8.83 Å². The van der Waals surface area contributed by atoms with Crippen molar-refractivity contribution in [2.75, 3.05) is 4.90 Å². The first kappa shape index (κ1) is 21.2. The molecule has 0 saturated carbocycles. The Morgan fingerprint density at radius 1 is 0.912 bits per heavy atom. The third-order valence-corrected chi connectivity index (χ3v) is 5.34. The van der Waals surface area contributed by atoms with Gasteiger partial charge in [0.25, 0.3) is 5.91 Å². The fourth-order valence-electron chi connectivity index (χ4n) is 3.77. The molecule has 2 amide bonds. The van der Waals surface area contributed by atoms with E-state index in [1.54, 1.807) is 48.5 Å². The summed E-state index contributed by atoms with van der Waals surface area (Å²) in [6.45, 7) is 0.0612. The summed E-state index contributed by atoms with van der Waals surface area (Å²) in [5.74, 6) is 0.166. The molecule has 0 aliphatic heterocycles. The summed E-state index contributed by atoms with van der Waals surface area (Å²) in [7, 11) is 0. The third kappa shape index (κ3) is 4.31. The lowest BCUT2D eigenvalue weighted by Gasteiger charge is -2.30. The van der Waals surface area contributed by atoms with Gasteiger partial charge in [-0.15, -0.1) is 5.10 Å². The molecule has 9 nitrogen and oxygen atoms in total. The second-order valence-electron chi connectivity index (χ2n) is 7.55. The number of amides is 2. The van der Waals surface area contributed by atoms with E-state index in [1.807, 2.05) is 30.3 Å². The van der Waals surface area contributed by atoms with Crippen LogP contribution in [0.3, 0.4) is 0 Å². The summed E-state index contributed by atoms with van der Waals surface area (Å²) < 4.78 is 12.4. The molecule has 5 rings (SSSR count). The molecule has 1 atom stereocenters. The van der Waals surface area contributed by atoms with Crippen molar-refractivity contribution in [1.29, 1.82) is 0 Å². The van der Waals surface area contributed by atoms with E-state index in [1.165, 1.54) is 22.1 Å². The highest BCUT2D eigenvalue weighted by Gasteiger charge is 2.35. The molecule has 5 aromatic rings. The highest BCUT2D eigenvalue weighted by molar-refractivity contribution is 6.01. The van der Waals surface area contributed by atoms with Crippen molar-refractivity contribution in [2.24, 2.45) is 0 Å². The van der Waals surface area contributed by atoms with Crippen LogP contribution in [0, 0.1) is 0 Å². The first-order chi connectivity index (χ1) is 16.7. The number of furan rings is 2. The average Bonchev–Trinajstić information content (AvgIpc) is 3.64. The Labute approximate surface area is 194 Å². The van der Waals surface area contributed by atoms with Gasteiger partial charge in [0.1, 0.15) is 23.6 Å². The zero-order valence-electron chi connectivity index (χ0n) is 18.1. The molecule has 3 heterocycles. The molecule has 170 valence electrons. The van der Waals surface area contributed by atoms with Crippen molar-refractivity contribution in [2.45, 2.75) is 19.1 Å². The predicted molar refractivity (Wildman–Crippen MR) is 123 cm³/mol. The average molecular weight is 455 g/mol. The molecule has 0 fully saturated rings.